The topological polar surface area (TPSA) is 37.8 Å². The summed E-state index contributed by atoms with van der Waals surface area (Å²) in [5.41, 5.74) is 0.935. The highest BCUT2D eigenvalue weighted by Crippen LogP contribution is 2.06. The summed E-state index contributed by atoms with van der Waals surface area (Å²) < 4.78 is 0. The molecule has 0 aliphatic carbocycles. The third-order valence-electron chi connectivity index (χ3n) is 2.03. The Labute approximate surface area is 89.9 Å². The number of rotatable bonds is 5. The van der Waals surface area contributed by atoms with Crippen molar-refractivity contribution in [3.05, 3.63) is 17.8 Å². The van der Waals surface area contributed by atoms with Gasteiger partial charge < -0.3 is 5.32 Å². The molecule has 0 amide bonds. The Bertz CT molecular complexity index is 261. The van der Waals surface area contributed by atoms with Crippen LogP contribution < -0.4 is 5.32 Å². The minimum absolute atomic E-state index is 0.565. The fraction of sp³-hybridized carbons (Fsp3) is 0.600. The largest absolute Gasteiger partial charge is 0.368 e. The van der Waals surface area contributed by atoms with Crippen LogP contribution in [-0.2, 0) is 0 Å². The van der Waals surface area contributed by atoms with Crippen molar-refractivity contribution in [2.45, 2.75) is 20.3 Å². The van der Waals surface area contributed by atoms with Crippen molar-refractivity contribution in [2.24, 2.45) is 5.92 Å². The van der Waals surface area contributed by atoms with Crippen molar-refractivity contribution in [1.29, 1.82) is 0 Å². The predicted molar refractivity (Wildman–Crippen MR) is 59.8 cm³/mol. The molecule has 1 atom stereocenters. The second kappa shape index (κ2) is 5.81. The van der Waals surface area contributed by atoms with Crippen LogP contribution in [0.2, 0.25) is 0 Å². The Morgan fingerprint density at radius 2 is 2.21 bits per heavy atom. The standard InChI is InChI=1S/C10H16ClN3/c1-8(5-6-11)7-12-10-4-3-9(2)13-14-10/h3-4,8H,5-7H2,1-2H3,(H,12,14). The van der Waals surface area contributed by atoms with Crippen molar-refractivity contribution in [1.82, 2.24) is 10.2 Å². The SMILES string of the molecule is Cc1ccc(NCC(C)CCCl)nn1. The van der Waals surface area contributed by atoms with Crippen LogP contribution in [0.1, 0.15) is 19.0 Å². The highest BCUT2D eigenvalue weighted by atomic mass is 35.5. The number of aryl methyl sites for hydroxylation is 1. The Kier molecular flexibility index (Phi) is 4.66. The van der Waals surface area contributed by atoms with E-state index in [1.54, 1.807) is 0 Å². The van der Waals surface area contributed by atoms with Gasteiger partial charge in [-0.3, -0.25) is 0 Å². The number of anilines is 1. The summed E-state index contributed by atoms with van der Waals surface area (Å²) in [5.74, 6) is 2.11. The molecule has 78 valence electrons. The van der Waals surface area contributed by atoms with E-state index in [-0.39, 0.29) is 0 Å². The summed E-state index contributed by atoms with van der Waals surface area (Å²) in [6.45, 7) is 4.98. The normalized spacial score (nSPS) is 12.5. The van der Waals surface area contributed by atoms with E-state index >= 15 is 0 Å². The summed E-state index contributed by atoms with van der Waals surface area (Å²) in [7, 11) is 0. The van der Waals surface area contributed by atoms with Gasteiger partial charge in [-0.1, -0.05) is 6.92 Å². The Morgan fingerprint density at radius 1 is 1.43 bits per heavy atom. The molecule has 1 aromatic rings. The third kappa shape index (κ3) is 3.92. The molecule has 0 fully saturated rings. The lowest BCUT2D eigenvalue weighted by molar-refractivity contribution is 0.595. The first-order valence-corrected chi connectivity index (χ1v) is 5.36. The zero-order valence-corrected chi connectivity index (χ0v) is 9.38. The highest BCUT2D eigenvalue weighted by Gasteiger charge is 2.01. The Hall–Kier alpha value is -0.830. The number of aromatic nitrogens is 2. The van der Waals surface area contributed by atoms with Gasteiger partial charge in [-0.15, -0.1) is 16.7 Å². The third-order valence-corrected chi connectivity index (χ3v) is 2.25. The molecule has 0 bridgehead atoms. The summed E-state index contributed by atoms with van der Waals surface area (Å²) in [6, 6.07) is 3.89. The molecule has 1 N–H and O–H groups in total. The van der Waals surface area contributed by atoms with Gasteiger partial charge in [0.05, 0.1) is 5.69 Å². The van der Waals surface area contributed by atoms with Crippen molar-refractivity contribution in [2.75, 3.05) is 17.7 Å². The van der Waals surface area contributed by atoms with Crippen LogP contribution in [0.15, 0.2) is 12.1 Å². The van der Waals surface area contributed by atoms with Gasteiger partial charge in [0.2, 0.25) is 0 Å². The molecule has 0 saturated carbocycles. The van der Waals surface area contributed by atoms with E-state index in [9.17, 15) is 0 Å². The maximum atomic E-state index is 5.64. The van der Waals surface area contributed by atoms with Crippen LogP contribution in [0.5, 0.6) is 0 Å². The zero-order valence-electron chi connectivity index (χ0n) is 8.63. The van der Waals surface area contributed by atoms with Crippen LogP contribution >= 0.6 is 11.6 Å². The van der Waals surface area contributed by atoms with Crippen LogP contribution in [0, 0.1) is 12.8 Å². The van der Waals surface area contributed by atoms with Gasteiger partial charge in [0.15, 0.2) is 0 Å². The highest BCUT2D eigenvalue weighted by molar-refractivity contribution is 6.17. The smallest absolute Gasteiger partial charge is 0.148 e. The van der Waals surface area contributed by atoms with Gasteiger partial charge in [0, 0.05) is 12.4 Å². The fourth-order valence-corrected chi connectivity index (χ4v) is 1.43. The maximum Gasteiger partial charge on any atom is 0.148 e. The molecular formula is C10H16ClN3. The molecule has 0 aromatic carbocycles. The first-order chi connectivity index (χ1) is 6.72. The predicted octanol–water partition coefficient (Wildman–Crippen LogP) is 2.46. The summed E-state index contributed by atoms with van der Waals surface area (Å²) >= 11 is 5.64. The molecule has 3 nitrogen and oxygen atoms in total. The molecular weight excluding hydrogens is 198 g/mol. The van der Waals surface area contributed by atoms with Gasteiger partial charge in [-0.05, 0) is 31.4 Å². The minimum atomic E-state index is 0.565. The Morgan fingerprint density at radius 3 is 2.79 bits per heavy atom. The monoisotopic (exact) mass is 213 g/mol. The number of halogens is 1. The van der Waals surface area contributed by atoms with E-state index in [0.717, 1.165) is 24.5 Å². The Balaban J connectivity index is 2.34. The lowest BCUT2D eigenvalue weighted by atomic mass is 10.1. The second-order valence-electron chi connectivity index (χ2n) is 3.52. The zero-order chi connectivity index (χ0) is 10.4. The molecule has 0 radical (unpaired) electrons. The molecule has 4 heteroatoms. The second-order valence-corrected chi connectivity index (χ2v) is 3.90. The maximum absolute atomic E-state index is 5.64. The van der Waals surface area contributed by atoms with Gasteiger partial charge in [-0.2, -0.15) is 5.10 Å². The van der Waals surface area contributed by atoms with Crippen molar-refractivity contribution in [3.63, 3.8) is 0 Å². The molecule has 14 heavy (non-hydrogen) atoms. The van der Waals surface area contributed by atoms with Crippen molar-refractivity contribution < 1.29 is 0 Å². The van der Waals surface area contributed by atoms with Crippen LogP contribution in [0.25, 0.3) is 0 Å². The number of nitrogens with zero attached hydrogens (tertiary/aromatic N) is 2. The first-order valence-electron chi connectivity index (χ1n) is 4.82. The number of alkyl halides is 1. The fourth-order valence-electron chi connectivity index (χ4n) is 1.06. The lowest BCUT2D eigenvalue weighted by Gasteiger charge is -2.10. The van der Waals surface area contributed by atoms with Crippen molar-refractivity contribution in [3.8, 4) is 0 Å². The molecule has 0 aliphatic rings. The van der Waals surface area contributed by atoms with E-state index in [2.05, 4.69) is 22.4 Å². The molecule has 1 aromatic heterocycles. The van der Waals surface area contributed by atoms with Crippen LogP contribution in [-0.4, -0.2) is 22.6 Å². The lowest BCUT2D eigenvalue weighted by Crippen LogP contribution is -2.12. The number of hydrogen-bond acceptors (Lipinski definition) is 3. The molecule has 0 saturated heterocycles. The van der Waals surface area contributed by atoms with E-state index in [1.165, 1.54) is 0 Å². The summed E-state index contributed by atoms with van der Waals surface area (Å²) in [6.07, 6.45) is 1.02. The van der Waals surface area contributed by atoms with Crippen LogP contribution in [0.4, 0.5) is 5.82 Å². The van der Waals surface area contributed by atoms with Crippen molar-refractivity contribution >= 4 is 17.4 Å². The van der Waals surface area contributed by atoms with Gasteiger partial charge >= 0.3 is 0 Å². The number of nitrogens with one attached hydrogen (secondary N) is 1. The van der Waals surface area contributed by atoms with E-state index in [1.807, 2.05) is 19.1 Å². The molecule has 0 spiro atoms. The van der Waals surface area contributed by atoms with Crippen LogP contribution in [0.3, 0.4) is 0 Å². The summed E-state index contributed by atoms with van der Waals surface area (Å²) in [5, 5.41) is 11.2. The average Bonchev–Trinajstić information content (AvgIpc) is 2.17. The molecule has 1 unspecified atom stereocenters. The van der Waals surface area contributed by atoms with E-state index < -0.39 is 0 Å². The van der Waals surface area contributed by atoms with E-state index in [0.29, 0.717) is 11.8 Å². The number of hydrogen-bond donors (Lipinski definition) is 1. The van der Waals surface area contributed by atoms with Gasteiger partial charge in [0.25, 0.3) is 0 Å². The summed E-state index contributed by atoms with van der Waals surface area (Å²) in [4.78, 5) is 0. The molecule has 0 aliphatic heterocycles. The average molecular weight is 214 g/mol. The minimum Gasteiger partial charge on any atom is -0.368 e. The first kappa shape index (κ1) is 11.2. The van der Waals surface area contributed by atoms with Gasteiger partial charge in [-0.25, -0.2) is 0 Å². The van der Waals surface area contributed by atoms with Gasteiger partial charge in [0.1, 0.15) is 5.82 Å². The quantitative estimate of drug-likeness (QED) is 0.764. The molecule has 1 rings (SSSR count). The molecule has 1 heterocycles. The van der Waals surface area contributed by atoms with E-state index in [4.69, 9.17) is 11.6 Å².